The Morgan fingerprint density at radius 1 is 1.24 bits per heavy atom. The van der Waals surface area contributed by atoms with Crippen molar-refractivity contribution < 1.29 is 9.59 Å². The molecule has 4 heteroatoms. The SMILES string of the molecule is O=C1c2cccc(I)c2C(=O)N1CCC1CC1. The van der Waals surface area contributed by atoms with Gasteiger partial charge < -0.3 is 0 Å². The van der Waals surface area contributed by atoms with Gasteiger partial charge in [0.05, 0.1) is 11.1 Å². The molecule has 1 aromatic carbocycles. The number of benzene rings is 1. The Labute approximate surface area is 113 Å². The molecule has 1 aromatic rings. The molecule has 88 valence electrons. The van der Waals surface area contributed by atoms with E-state index in [1.807, 2.05) is 12.1 Å². The van der Waals surface area contributed by atoms with Crippen LogP contribution in [0.25, 0.3) is 0 Å². The van der Waals surface area contributed by atoms with E-state index in [2.05, 4.69) is 22.6 Å². The summed E-state index contributed by atoms with van der Waals surface area (Å²) in [5, 5.41) is 0. The van der Waals surface area contributed by atoms with Gasteiger partial charge in [0.25, 0.3) is 11.8 Å². The number of amides is 2. The van der Waals surface area contributed by atoms with Crippen LogP contribution in [-0.4, -0.2) is 23.3 Å². The molecule has 1 aliphatic heterocycles. The molecule has 3 rings (SSSR count). The Bertz CT molecular complexity index is 508. The highest BCUT2D eigenvalue weighted by molar-refractivity contribution is 14.1. The largest absolute Gasteiger partial charge is 0.274 e. The van der Waals surface area contributed by atoms with E-state index >= 15 is 0 Å². The third-order valence-electron chi connectivity index (χ3n) is 3.41. The predicted molar refractivity (Wildman–Crippen MR) is 71.9 cm³/mol. The number of hydrogen-bond acceptors (Lipinski definition) is 2. The molecule has 0 unspecified atom stereocenters. The van der Waals surface area contributed by atoms with Crippen molar-refractivity contribution in [2.24, 2.45) is 5.92 Å². The van der Waals surface area contributed by atoms with E-state index in [-0.39, 0.29) is 11.8 Å². The van der Waals surface area contributed by atoms with Crippen LogP contribution in [0.3, 0.4) is 0 Å². The number of rotatable bonds is 3. The maximum atomic E-state index is 12.2. The molecule has 3 nitrogen and oxygen atoms in total. The van der Waals surface area contributed by atoms with Crippen LogP contribution in [0.1, 0.15) is 40.0 Å². The fourth-order valence-electron chi connectivity index (χ4n) is 2.21. The summed E-state index contributed by atoms with van der Waals surface area (Å²) in [4.78, 5) is 25.7. The first-order chi connectivity index (χ1) is 8.18. The average Bonchev–Trinajstić information content (AvgIpc) is 3.08. The minimum Gasteiger partial charge on any atom is -0.274 e. The Balaban J connectivity index is 1.88. The van der Waals surface area contributed by atoms with Crippen LogP contribution in [0, 0.1) is 9.49 Å². The quantitative estimate of drug-likeness (QED) is 0.626. The highest BCUT2D eigenvalue weighted by atomic mass is 127. The van der Waals surface area contributed by atoms with Crippen molar-refractivity contribution in [3.8, 4) is 0 Å². The van der Waals surface area contributed by atoms with Crippen molar-refractivity contribution in [2.75, 3.05) is 6.54 Å². The number of halogens is 1. The summed E-state index contributed by atoms with van der Waals surface area (Å²) in [6.45, 7) is 0.576. The third kappa shape index (κ3) is 1.88. The monoisotopic (exact) mass is 341 g/mol. The van der Waals surface area contributed by atoms with Crippen molar-refractivity contribution in [3.05, 3.63) is 32.9 Å². The van der Waals surface area contributed by atoms with Crippen LogP contribution < -0.4 is 0 Å². The highest BCUT2D eigenvalue weighted by Gasteiger charge is 2.37. The van der Waals surface area contributed by atoms with Gasteiger partial charge in [-0.3, -0.25) is 14.5 Å². The second-order valence-electron chi connectivity index (χ2n) is 4.66. The summed E-state index contributed by atoms with van der Waals surface area (Å²) in [5.41, 5.74) is 1.16. The Kier molecular flexibility index (Phi) is 2.69. The van der Waals surface area contributed by atoms with Gasteiger partial charge in [-0.1, -0.05) is 18.9 Å². The zero-order valence-electron chi connectivity index (χ0n) is 9.28. The first-order valence-corrected chi connectivity index (χ1v) is 6.91. The number of nitrogens with zero attached hydrogens (tertiary/aromatic N) is 1. The average molecular weight is 341 g/mol. The van der Waals surface area contributed by atoms with Crippen LogP contribution in [0.2, 0.25) is 0 Å². The van der Waals surface area contributed by atoms with Crippen LogP contribution in [0.5, 0.6) is 0 Å². The van der Waals surface area contributed by atoms with Gasteiger partial charge >= 0.3 is 0 Å². The summed E-state index contributed by atoms with van der Waals surface area (Å²) in [6.07, 6.45) is 3.46. The number of imide groups is 1. The second kappa shape index (κ2) is 4.08. The fourth-order valence-corrected chi connectivity index (χ4v) is 2.94. The van der Waals surface area contributed by atoms with E-state index < -0.39 is 0 Å². The second-order valence-corrected chi connectivity index (χ2v) is 5.82. The molecule has 17 heavy (non-hydrogen) atoms. The van der Waals surface area contributed by atoms with Gasteiger partial charge in [-0.25, -0.2) is 0 Å². The van der Waals surface area contributed by atoms with Crippen LogP contribution >= 0.6 is 22.6 Å². The molecule has 2 amide bonds. The number of fused-ring (bicyclic) bond motifs is 1. The topological polar surface area (TPSA) is 37.4 Å². The fraction of sp³-hybridized carbons (Fsp3) is 0.385. The van der Waals surface area contributed by atoms with Gasteiger partial charge in [0.15, 0.2) is 0 Å². The molecule has 0 radical (unpaired) electrons. The lowest BCUT2D eigenvalue weighted by Crippen LogP contribution is -2.31. The molecule has 0 atom stereocenters. The van der Waals surface area contributed by atoms with Crippen LogP contribution in [0.15, 0.2) is 18.2 Å². The van der Waals surface area contributed by atoms with Crippen LogP contribution in [-0.2, 0) is 0 Å². The van der Waals surface area contributed by atoms with Crippen molar-refractivity contribution in [3.63, 3.8) is 0 Å². The molecule has 0 aromatic heterocycles. The van der Waals surface area contributed by atoms with Gasteiger partial charge in [-0.05, 0) is 47.1 Å². The van der Waals surface area contributed by atoms with Crippen molar-refractivity contribution in [1.82, 2.24) is 4.90 Å². The smallest absolute Gasteiger partial charge is 0.262 e. The molecular formula is C13H12INO2. The number of carbonyl (C=O) groups excluding carboxylic acids is 2. The van der Waals surface area contributed by atoms with Gasteiger partial charge in [-0.15, -0.1) is 0 Å². The van der Waals surface area contributed by atoms with Crippen LogP contribution in [0.4, 0.5) is 0 Å². The lowest BCUT2D eigenvalue weighted by molar-refractivity contribution is 0.0650. The van der Waals surface area contributed by atoms with E-state index in [1.165, 1.54) is 17.7 Å². The maximum Gasteiger partial charge on any atom is 0.262 e. The number of carbonyl (C=O) groups is 2. The molecular weight excluding hydrogens is 329 g/mol. The molecule has 1 aliphatic carbocycles. The van der Waals surface area contributed by atoms with Gasteiger partial charge in [0.1, 0.15) is 0 Å². The zero-order valence-corrected chi connectivity index (χ0v) is 11.4. The third-order valence-corrected chi connectivity index (χ3v) is 4.31. The van der Waals surface area contributed by atoms with E-state index in [0.717, 1.165) is 15.9 Å². The molecule has 1 fully saturated rings. The summed E-state index contributed by atoms with van der Waals surface area (Å²) >= 11 is 2.12. The summed E-state index contributed by atoms with van der Waals surface area (Å²) in [6, 6.07) is 5.44. The van der Waals surface area contributed by atoms with Gasteiger partial charge in [0.2, 0.25) is 0 Å². The number of hydrogen-bond donors (Lipinski definition) is 0. The Hall–Kier alpha value is -0.910. The van der Waals surface area contributed by atoms with Crippen molar-refractivity contribution in [2.45, 2.75) is 19.3 Å². The first kappa shape index (κ1) is 11.2. The summed E-state index contributed by atoms with van der Waals surface area (Å²) in [7, 11) is 0. The van der Waals surface area contributed by atoms with Gasteiger partial charge in [0, 0.05) is 10.1 Å². The maximum absolute atomic E-state index is 12.2. The van der Waals surface area contributed by atoms with E-state index in [4.69, 9.17) is 0 Å². The lowest BCUT2D eigenvalue weighted by atomic mass is 10.1. The molecule has 0 N–H and O–H groups in total. The molecule has 0 saturated heterocycles. The van der Waals surface area contributed by atoms with E-state index in [9.17, 15) is 9.59 Å². The van der Waals surface area contributed by atoms with Crippen molar-refractivity contribution in [1.29, 1.82) is 0 Å². The lowest BCUT2D eigenvalue weighted by Gasteiger charge is -2.12. The zero-order chi connectivity index (χ0) is 12.0. The Morgan fingerprint density at radius 2 is 2.00 bits per heavy atom. The standard InChI is InChI=1S/C13H12INO2/c14-10-3-1-2-9-11(10)13(17)15(12(9)16)7-6-8-4-5-8/h1-3,8H,4-7H2. The van der Waals surface area contributed by atoms with Crippen molar-refractivity contribution >= 4 is 34.4 Å². The van der Waals surface area contributed by atoms with Gasteiger partial charge in [-0.2, -0.15) is 0 Å². The molecule has 0 bridgehead atoms. The summed E-state index contributed by atoms with van der Waals surface area (Å²) < 4.78 is 0.868. The molecule has 1 heterocycles. The first-order valence-electron chi connectivity index (χ1n) is 5.83. The minimum absolute atomic E-state index is 0.115. The predicted octanol–water partition coefficient (Wildman–Crippen LogP) is 2.69. The molecule has 2 aliphatic rings. The minimum atomic E-state index is -0.121. The normalized spacial score (nSPS) is 18.8. The van der Waals surface area contributed by atoms with E-state index in [0.29, 0.717) is 17.7 Å². The van der Waals surface area contributed by atoms with E-state index in [1.54, 1.807) is 6.07 Å². The molecule has 0 spiro atoms. The summed E-state index contributed by atoms with van der Waals surface area (Å²) in [5.74, 6) is 0.498. The molecule has 1 saturated carbocycles. The Morgan fingerprint density at radius 3 is 2.65 bits per heavy atom. The highest BCUT2D eigenvalue weighted by Crippen LogP contribution is 2.34.